The largest absolute Gasteiger partial charge is 0.478 e. The summed E-state index contributed by atoms with van der Waals surface area (Å²) in [5, 5.41) is 18.5. The second-order valence-electron chi connectivity index (χ2n) is 6.07. The Morgan fingerprint density at radius 1 is 1.16 bits per heavy atom. The molecule has 1 heterocycles. The van der Waals surface area contributed by atoms with Crippen molar-refractivity contribution in [1.29, 1.82) is 0 Å². The van der Waals surface area contributed by atoms with Gasteiger partial charge in [-0.1, -0.05) is 6.07 Å². The first kappa shape index (κ1) is 17.5. The summed E-state index contributed by atoms with van der Waals surface area (Å²) in [5.41, 5.74) is 0.604. The number of carboxylic acids is 1. The number of nitrogens with zero attached hydrogens (tertiary/aromatic N) is 1. The minimum Gasteiger partial charge on any atom is -0.478 e. The molecule has 25 heavy (non-hydrogen) atoms. The molecule has 3 N–H and O–H groups in total. The molecule has 8 heteroatoms. The predicted molar refractivity (Wildman–Crippen MR) is 89.4 cm³/mol. The molecule has 3 rings (SSSR count). The van der Waals surface area contributed by atoms with Crippen LogP contribution in [0.3, 0.4) is 0 Å². The highest BCUT2D eigenvalue weighted by atomic mass is 32.2. The van der Waals surface area contributed by atoms with Gasteiger partial charge in [0.05, 0.1) is 28.3 Å². The SMILES string of the molecule is O=C(O)c1ccc(S(=O)(=O)N[C@@H](c2ccccn2)C2CC(O)C2)cc1. The molecule has 0 spiro atoms. The van der Waals surface area contributed by atoms with Crippen molar-refractivity contribution < 1.29 is 23.4 Å². The first-order chi connectivity index (χ1) is 11.9. The van der Waals surface area contributed by atoms with Crippen LogP contribution in [0, 0.1) is 5.92 Å². The van der Waals surface area contributed by atoms with Gasteiger partial charge in [0.2, 0.25) is 10.0 Å². The number of benzene rings is 1. The van der Waals surface area contributed by atoms with Crippen LogP contribution in [0.25, 0.3) is 0 Å². The summed E-state index contributed by atoms with van der Waals surface area (Å²) in [7, 11) is -3.85. The number of aromatic nitrogens is 1. The van der Waals surface area contributed by atoms with E-state index in [0.29, 0.717) is 18.5 Å². The standard InChI is InChI=1S/C17H18N2O5S/c20-13-9-12(10-13)16(15-3-1-2-8-18-15)19-25(23,24)14-6-4-11(5-7-14)17(21)22/h1-8,12-13,16,19-20H,9-10H2,(H,21,22)/t12?,13?,16-/m1/s1. The monoisotopic (exact) mass is 362 g/mol. The van der Waals surface area contributed by atoms with Crippen LogP contribution < -0.4 is 4.72 Å². The van der Waals surface area contributed by atoms with E-state index in [1.807, 2.05) is 0 Å². The fourth-order valence-electron chi connectivity index (χ4n) is 2.87. The van der Waals surface area contributed by atoms with Crippen LogP contribution >= 0.6 is 0 Å². The van der Waals surface area contributed by atoms with Gasteiger partial charge in [0.15, 0.2) is 0 Å². The minimum absolute atomic E-state index is 0.0155. The lowest BCUT2D eigenvalue weighted by Crippen LogP contribution is -2.41. The fraction of sp³-hybridized carbons (Fsp3) is 0.294. The molecule has 1 saturated carbocycles. The zero-order valence-corrected chi connectivity index (χ0v) is 14.1. The molecule has 1 aromatic carbocycles. The molecule has 1 atom stereocenters. The number of pyridine rings is 1. The van der Waals surface area contributed by atoms with Gasteiger partial charge in [0.25, 0.3) is 0 Å². The van der Waals surface area contributed by atoms with Crippen LogP contribution in [0.15, 0.2) is 53.6 Å². The van der Waals surface area contributed by atoms with Gasteiger partial charge >= 0.3 is 5.97 Å². The molecule has 1 fully saturated rings. The van der Waals surface area contributed by atoms with Gasteiger partial charge in [-0.25, -0.2) is 17.9 Å². The fourth-order valence-corrected chi connectivity index (χ4v) is 4.15. The van der Waals surface area contributed by atoms with E-state index < -0.39 is 28.1 Å². The van der Waals surface area contributed by atoms with E-state index in [1.165, 1.54) is 24.3 Å². The van der Waals surface area contributed by atoms with Crippen LogP contribution in [0.1, 0.15) is 34.9 Å². The zero-order valence-electron chi connectivity index (χ0n) is 13.2. The molecule has 0 unspecified atom stereocenters. The number of hydrogen-bond acceptors (Lipinski definition) is 5. The van der Waals surface area contributed by atoms with Gasteiger partial charge in [-0.15, -0.1) is 0 Å². The Bertz CT molecular complexity index is 846. The van der Waals surface area contributed by atoms with Crippen molar-refractivity contribution in [2.75, 3.05) is 0 Å². The second-order valence-corrected chi connectivity index (χ2v) is 7.78. The molecular weight excluding hydrogens is 344 g/mol. The van der Waals surface area contributed by atoms with Crippen LogP contribution in [-0.2, 0) is 10.0 Å². The van der Waals surface area contributed by atoms with Gasteiger partial charge in [-0.3, -0.25) is 4.98 Å². The maximum Gasteiger partial charge on any atom is 0.335 e. The maximum atomic E-state index is 12.7. The molecule has 0 amide bonds. The van der Waals surface area contributed by atoms with Gasteiger partial charge in [-0.2, -0.15) is 0 Å². The van der Waals surface area contributed by atoms with Crippen molar-refractivity contribution in [3.05, 3.63) is 59.9 Å². The topological polar surface area (TPSA) is 117 Å². The van der Waals surface area contributed by atoms with Crippen LogP contribution in [0.2, 0.25) is 0 Å². The van der Waals surface area contributed by atoms with E-state index >= 15 is 0 Å². The summed E-state index contributed by atoms with van der Waals surface area (Å²) in [4.78, 5) is 15.1. The highest BCUT2D eigenvalue weighted by molar-refractivity contribution is 7.89. The molecule has 0 aliphatic heterocycles. The summed E-state index contributed by atoms with van der Waals surface area (Å²) in [6.07, 6.45) is 2.17. The Labute approximate surface area is 145 Å². The third-order valence-electron chi connectivity index (χ3n) is 4.32. The van der Waals surface area contributed by atoms with Crippen molar-refractivity contribution in [2.45, 2.75) is 29.9 Å². The minimum atomic E-state index is -3.85. The van der Waals surface area contributed by atoms with Crippen molar-refractivity contribution in [3.8, 4) is 0 Å². The summed E-state index contributed by atoms with van der Waals surface area (Å²) in [6, 6.07) is 9.74. The third-order valence-corrected chi connectivity index (χ3v) is 5.78. The smallest absolute Gasteiger partial charge is 0.335 e. The van der Waals surface area contributed by atoms with Crippen LogP contribution in [0.5, 0.6) is 0 Å². The number of rotatable bonds is 6. The average molecular weight is 362 g/mol. The first-order valence-corrected chi connectivity index (χ1v) is 9.30. The van der Waals surface area contributed by atoms with E-state index in [0.717, 1.165) is 0 Å². The van der Waals surface area contributed by atoms with E-state index in [2.05, 4.69) is 9.71 Å². The number of aromatic carboxylic acids is 1. The summed E-state index contributed by atoms with van der Waals surface area (Å²) < 4.78 is 28.0. The highest BCUT2D eigenvalue weighted by Crippen LogP contribution is 2.38. The average Bonchev–Trinajstić information content (AvgIpc) is 2.58. The normalized spacial score (nSPS) is 21.3. The lowest BCUT2D eigenvalue weighted by Gasteiger charge is -2.37. The van der Waals surface area contributed by atoms with Gasteiger partial charge in [-0.05, 0) is 55.2 Å². The molecular formula is C17H18N2O5S. The summed E-state index contributed by atoms with van der Waals surface area (Å²) >= 11 is 0. The van der Waals surface area contributed by atoms with Crippen molar-refractivity contribution in [3.63, 3.8) is 0 Å². The maximum absolute atomic E-state index is 12.7. The quantitative estimate of drug-likeness (QED) is 0.718. The predicted octanol–water partition coefficient (Wildman–Crippen LogP) is 1.57. The number of aliphatic hydroxyl groups is 1. The number of carboxylic acid groups (broad SMARTS) is 1. The second kappa shape index (κ2) is 6.91. The van der Waals surface area contributed by atoms with E-state index in [9.17, 15) is 18.3 Å². The first-order valence-electron chi connectivity index (χ1n) is 7.81. The number of nitrogens with one attached hydrogen (secondary N) is 1. The lowest BCUT2D eigenvalue weighted by atomic mass is 9.76. The van der Waals surface area contributed by atoms with Crippen LogP contribution in [-0.4, -0.2) is 35.7 Å². The molecule has 0 bridgehead atoms. The molecule has 1 aliphatic carbocycles. The Balaban J connectivity index is 1.86. The van der Waals surface area contributed by atoms with Crippen molar-refractivity contribution >= 4 is 16.0 Å². The van der Waals surface area contributed by atoms with Gasteiger partial charge in [0.1, 0.15) is 0 Å². The molecule has 0 radical (unpaired) electrons. The molecule has 2 aromatic rings. The van der Waals surface area contributed by atoms with Crippen molar-refractivity contribution in [1.82, 2.24) is 9.71 Å². The Kier molecular flexibility index (Phi) is 4.85. The summed E-state index contributed by atoms with van der Waals surface area (Å²) in [5.74, 6) is -1.16. The number of hydrogen-bond donors (Lipinski definition) is 3. The van der Waals surface area contributed by atoms with E-state index in [1.54, 1.807) is 24.4 Å². The molecule has 1 aromatic heterocycles. The molecule has 1 aliphatic rings. The third kappa shape index (κ3) is 3.87. The molecule has 7 nitrogen and oxygen atoms in total. The van der Waals surface area contributed by atoms with E-state index in [4.69, 9.17) is 5.11 Å². The highest BCUT2D eigenvalue weighted by Gasteiger charge is 2.37. The Hall–Kier alpha value is -2.29. The Morgan fingerprint density at radius 2 is 1.84 bits per heavy atom. The van der Waals surface area contributed by atoms with Crippen LogP contribution in [0.4, 0.5) is 0 Å². The molecule has 0 saturated heterocycles. The van der Waals surface area contributed by atoms with Gasteiger partial charge in [0, 0.05) is 6.20 Å². The number of aliphatic hydroxyl groups excluding tert-OH is 1. The zero-order chi connectivity index (χ0) is 18.0. The number of carbonyl (C=O) groups is 1. The summed E-state index contributed by atoms with van der Waals surface area (Å²) in [6.45, 7) is 0. The lowest BCUT2D eigenvalue weighted by molar-refractivity contribution is 0.0273. The number of sulfonamides is 1. The van der Waals surface area contributed by atoms with Crippen molar-refractivity contribution in [2.24, 2.45) is 5.92 Å². The van der Waals surface area contributed by atoms with E-state index in [-0.39, 0.29) is 16.4 Å². The van der Waals surface area contributed by atoms with Gasteiger partial charge < -0.3 is 10.2 Å². The Morgan fingerprint density at radius 3 is 2.36 bits per heavy atom. The molecule has 132 valence electrons.